The minimum Gasteiger partial charge on any atom is -0.386 e. The van der Waals surface area contributed by atoms with Crippen molar-refractivity contribution in [3.63, 3.8) is 0 Å². The van der Waals surface area contributed by atoms with E-state index >= 15 is 0 Å². The molecule has 348 valence electrons. The molecule has 28 nitrogen and oxygen atoms in total. The van der Waals surface area contributed by atoms with E-state index in [9.17, 15) is 67.5 Å². The molecule has 2 aromatic rings. The molecule has 0 bridgehead atoms. The molecule has 2 fully saturated rings. The van der Waals surface area contributed by atoms with Crippen LogP contribution in [0.5, 0.6) is 0 Å². The second-order valence-electron chi connectivity index (χ2n) is 14.2. The van der Waals surface area contributed by atoms with E-state index in [0.717, 1.165) is 22.1 Å². The Kier molecular flexibility index (Phi) is 17.7. The number of ether oxygens (including phenoxy) is 1. The van der Waals surface area contributed by atoms with E-state index in [1.54, 1.807) is 6.92 Å². The minimum absolute atomic E-state index is 0.0128. The maximum absolute atomic E-state index is 12.7. The lowest BCUT2D eigenvalue weighted by Gasteiger charge is -2.30. The molecule has 0 spiro atoms. The van der Waals surface area contributed by atoms with Crippen LogP contribution in [0.2, 0.25) is 0 Å². The van der Waals surface area contributed by atoms with Crippen molar-refractivity contribution in [2.45, 2.75) is 75.9 Å². The maximum Gasteiger partial charge on any atom is 0.481 e. The molecule has 4 heterocycles. The summed E-state index contributed by atoms with van der Waals surface area (Å²) in [6.45, 7) is 2.14. The third kappa shape index (κ3) is 14.3. The highest BCUT2D eigenvalue weighted by Gasteiger charge is 2.50. The summed E-state index contributed by atoms with van der Waals surface area (Å²) >= 11 is 1.18. The summed E-state index contributed by atoms with van der Waals surface area (Å²) in [4.78, 5) is 113. The first kappa shape index (κ1) is 51.1. The van der Waals surface area contributed by atoms with E-state index in [1.165, 1.54) is 25.6 Å². The number of nitrogens with zero attached hydrogens (tertiary/aromatic N) is 5. The van der Waals surface area contributed by atoms with Gasteiger partial charge in [0.2, 0.25) is 29.5 Å². The summed E-state index contributed by atoms with van der Waals surface area (Å²) in [5.41, 5.74) is 4.20. The number of imidazole rings is 1. The van der Waals surface area contributed by atoms with Gasteiger partial charge in [-0.2, -0.15) is 4.31 Å². The molecule has 0 radical (unpaired) electrons. The number of aliphatic hydroxyl groups excluding tert-OH is 2. The minimum atomic E-state index is -5.60. The van der Waals surface area contributed by atoms with Crippen LogP contribution in [0.15, 0.2) is 12.7 Å². The molecular formula is C30H48N9O19P3S. The SMILES string of the molecule is CCC(=O)NCCN1C(=O)CC(SCCNC(=O)CCNC(=O)[C@H](O)C(C)(C)COP(=O)(O)OP(=O)(O)OC[C@H]2O[C@@H](n3cnc4c(N)ncnc43)[C@@H](O)C2OP(=O)(O)O)C1=O. The van der Waals surface area contributed by atoms with Crippen molar-refractivity contribution in [2.24, 2.45) is 5.41 Å². The fourth-order valence-corrected chi connectivity index (χ4v) is 9.65. The van der Waals surface area contributed by atoms with Gasteiger partial charge in [0.1, 0.15) is 36.3 Å². The van der Waals surface area contributed by atoms with Crippen molar-refractivity contribution in [3.8, 4) is 0 Å². The number of rotatable bonds is 24. The molecule has 2 saturated heterocycles. The number of hydrogen-bond donors (Lipinski definition) is 10. The van der Waals surface area contributed by atoms with Crippen LogP contribution in [0, 0.1) is 5.41 Å². The first-order valence-corrected chi connectivity index (χ1v) is 24.0. The van der Waals surface area contributed by atoms with Crippen molar-refractivity contribution in [1.29, 1.82) is 0 Å². The molecule has 0 saturated carbocycles. The Bertz CT molecular complexity index is 2110. The largest absolute Gasteiger partial charge is 0.481 e. The highest BCUT2D eigenvalue weighted by Crippen LogP contribution is 2.61. The molecule has 2 aliphatic rings. The molecule has 5 amide bonds. The highest BCUT2D eigenvalue weighted by molar-refractivity contribution is 8.00. The van der Waals surface area contributed by atoms with Crippen molar-refractivity contribution in [2.75, 3.05) is 50.9 Å². The summed E-state index contributed by atoms with van der Waals surface area (Å²) in [5, 5.41) is 28.4. The standard InChI is InChI=1S/C30H48N9O19P3S/c1-4-18(40)32-7-9-38-20(42)11-17(28(38)46)62-10-8-33-19(41)5-6-34-27(45)24(44)30(2,3)13-55-61(52,53)58-60(50,51)54-12-16-23(57-59(47,48)49)22(43)29(56-16)39-15-37-21-25(31)35-14-36-26(21)39/h14-17,22-24,29,43-44H,4-13H2,1-3H3,(H,32,40)(H,33,41)(H,34,45)(H,50,51)(H,52,53)(H2,31,35,36)(H2,47,48,49)/t16-,17?,22+,23?,24+,29-/m1/s1. The smallest absolute Gasteiger partial charge is 0.386 e. The number of likely N-dealkylation sites (tertiary alicyclic amines) is 1. The van der Waals surface area contributed by atoms with E-state index in [-0.39, 0.29) is 85.9 Å². The third-order valence-electron chi connectivity index (χ3n) is 9.00. The number of carbonyl (C=O) groups is 5. The fraction of sp³-hybridized carbons (Fsp3) is 0.667. The van der Waals surface area contributed by atoms with Crippen molar-refractivity contribution in [1.82, 2.24) is 40.4 Å². The van der Waals surface area contributed by atoms with Gasteiger partial charge in [-0.15, -0.1) is 11.8 Å². The summed E-state index contributed by atoms with van der Waals surface area (Å²) in [6.07, 6.45) is -6.84. The van der Waals surface area contributed by atoms with Gasteiger partial charge in [-0.25, -0.2) is 28.6 Å². The summed E-state index contributed by atoms with van der Waals surface area (Å²) in [6, 6.07) is 0. The van der Waals surface area contributed by atoms with Crippen LogP contribution < -0.4 is 21.7 Å². The number of aliphatic hydroxyl groups is 2. The number of thioether (sulfide) groups is 1. The van der Waals surface area contributed by atoms with Crippen molar-refractivity contribution >= 4 is 81.7 Å². The zero-order valence-corrected chi connectivity index (χ0v) is 36.7. The summed E-state index contributed by atoms with van der Waals surface area (Å²) in [7, 11) is -16.5. The van der Waals surface area contributed by atoms with E-state index in [4.69, 9.17) is 19.5 Å². The molecule has 0 aliphatic carbocycles. The average Bonchev–Trinajstić information content (AvgIpc) is 3.83. The Labute approximate surface area is 356 Å². The van der Waals surface area contributed by atoms with Gasteiger partial charge in [-0.3, -0.25) is 47.0 Å². The Balaban J connectivity index is 1.19. The molecule has 32 heteroatoms. The number of imide groups is 1. The van der Waals surface area contributed by atoms with Gasteiger partial charge in [0, 0.05) is 56.6 Å². The molecule has 11 N–H and O–H groups in total. The number of nitrogens with one attached hydrogen (secondary N) is 3. The number of phosphoric ester groups is 3. The number of nitrogens with two attached hydrogens (primary N) is 1. The van der Waals surface area contributed by atoms with Crippen LogP contribution >= 0.6 is 35.2 Å². The predicted octanol–water partition coefficient (Wildman–Crippen LogP) is -2.21. The maximum atomic E-state index is 12.7. The molecule has 8 atom stereocenters. The zero-order valence-electron chi connectivity index (χ0n) is 33.2. The lowest BCUT2D eigenvalue weighted by Crippen LogP contribution is -2.46. The number of amides is 5. The summed E-state index contributed by atoms with van der Waals surface area (Å²) < 4.78 is 62.2. The van der Waals surface area contributed by atoms with Crippen LogP contribution in [0.3, 0.4) is 0 Å². The van der Waals surface area contributed by atoms with E-state index in [0.29, 0.717) is 0 Å². The lowest BCUT2D eigenvalue weighted by atomic mass is 9.87. The van der Waals surface area contributed by atoms with Gasteiger partial charge in [0.25, 0.3) is 0 Å². The number of carbonyl (C=O) groups excluding carboxylic acids is 5. The molecule has 0 aromatic carbocycles. The Morgan fingerprint density at radius 2 is 1.69 bits per heavy atom. The molecule has 62 heavy (non-hydrogen) atoms. The number of aromatic nitrogens is 4. The number of phosphoric acid groups is 3. The van der Waals surface area contributed by atoms with Crippen LogP contribution in [0.25, 0.3) is 11.2 Å². The number of anilines is 1. The van der Waals surface area contributed by atoms with Crippen LogP contribution in [0.1, 0.15) is 46.3 Å². The number of nitrogen functional groups attached to an aromatic ring is 1. The normalized spacial score (nSPS) is 23.2. The first-order chi connectivity index (χ1) is 28.8. The molecule has 2 aromatic heterocycles. The Hall–Kier alpha value is -3.50. The second kappa shape index (κ2) is 21.5. The van der Waals surface area contributed by atoms with Gasteiger partial charge in [-0.05, 0) is 0 Å². The molecular weight excluding hydrogens is 915 g/mol. The fourth-order valence-electron chi connectivity index (χ4n) is 5.78. The zero-order chi connectivity index (χ0) is 46.2. The highest BCUT2D eigenvalue weighted by atomic mass is 32.2. The topological polar surface area (TPSA) is 413 Å². The average molecular weight is 964 g/mol. The first-order valence-electron chi connectivity index (χ1n) is 18.5. The predicted molar refractivity (Wildman–Crippen MR) is 211 cm³/mol. The second-order valence-corrected chi connectivity index (χ2v) is 19.8. The van der Waals surface area contributed by atoms with Crippen molar-refractivity contribution < 1.29 is 90.1 Å². The van der Waals surface area contributed by atoms with E-state index < -0.39 is 89.8 Å². The number of fused-ring (bicyclic) bond motifs is 1. The van der Waals surface area contributed by atoms with E-state index in [2.05, 4.69) is 39.7 Å². The van der Waals surface area contributed by atoms with Crippen LogP contribution in [-0.2, 0) is 60.3 Å². The molecule has 2 aliphatic heterocycles. The van der Waals surface area contributed by atoms with Gasteiger partial charge in [0.15, 0.2) is 17.7 Å². The van der Waals surface area contributed by atoms with E-state index in [1.807, 2.05) is 0 Å². The van der Waals surface area contributed by atoms with Gasteiger partial charge in [0.05, 0.1) is 24.8 Å². The third-order valence-corrected chi connectivity index (χ3v) is 13.3. The van der Waals surface area contributed by atoms with Crippen LogP contribution in [-0.4, -0.2) is 159 Å². The summed E-state index contributed by atoms with van der Waals surface area (Å²) in [5.74, 6) is -2.23. The number of hydrogen-bond acceptors (Lipinski definition) is 20. The lowest BCUT2D eigenvalue weighted by molar-refractivity contribution is -0.139. The Morgan fingerprint density at radius 3 is 2.37 bits per heavy atom. The van der Waals surface area contributed by atoms with Gasteiger partial charge >= 0.3 is 23.5 Å². The quantitative estimate of drug-likeness (QED) is 0.0303. The van der Waals surface area contributed by atoms with Crippen molar-refractivity contribution in [3.05, 3.63) is 12.7 Å². The van der Waals surface area contributed by atoms with Gasteiger partial charge < -0.3 is 56.2 Å². The van der Waals surface area contributed by atoms with Crippen LogP contribution in [0.4, 0.5) is 5.82 Å². The Morgan fingerprint density at radius 1 is 1.02 bits per heavy atom. The molecule has 4 unspecified atom stereocenters. The van der Waals surface area contributed by atoms with Gasteiger partial charge in [-0.1, -0.05) is 20.8 Å². The monoisotopic (exact) mass is 963 g/mol. The molecule has 4 rings (SSSR count).